The Balaban J connectivity index is 2.12. The molecule has 0 saturated heterocycles. The van der Waals surface area contributed by atoms with Crippen molar-refractivity contribution in [1.29, 1.82) is 0 Å². The summed E-state index contributed by atoms with van der Waals surface area (Å²) in [4.78, 5) is 16.8. The van der Waals surface area contributed by atoms with Crippen LogP contribution in [-0.2, 0) is 4.74 Å². The molecule has 0 spiro atoms. The number of fused-ring (bicyclic) bond motifs is 1. The van der Waals surface area contributed by atoms with Crippen molar-refractivity contribution in [3.05, 3.63) is 40.7 Å². The van der Waals surface area contributed by atoms with Crippen LogP contribution in [-0.4, -0.2) is 50.6 Å². The van der Waals surface area contributed by atoms with Crippen LogP contribution in [0.5, 0.6) is 5.88 Å². The molecule has 3 heterocycles. The number of hydrogen-bond acceptors (Lipinski definition) is 8. The molecule has 3 aromatic rings. The van der Waals surface area contributed by atoms with Crippen molar-refractivity contribution in [3.63, 3.8) is 0 Å². The SMILES string of the molecule is CCOC(=O)c1sc(-c2ccn3ncc(/C(=C(\C)O)C(C)O)c3c2)nc1OC. The number of ether oxygens (including phenoxy) is 2. The van der Waals surface area contributed by atoms with Crippen LogP contribution >= 0.6 is 11.3 Å². The molecule has 0 bridgehead atoms. The quantitative estimate of drug-likeness (QED) is 0.480. The maximum atomic E-state index is 12.1. The number of carbonyl (C=O) groups excluding carboxylic acids is 1. The van der Waals surface area contributed by atoms with Crippen LogP contribution in [0, 0.1) is 0 Å². The van der Waals surface area contributed by atoms with Gasteiger partial charge in [0, 0.05) is 22.9 Å². The molecule has 28 heavy (non-hydrogen) atoms. The van der Waals surface area contributed by atoms with Crippen LogP contribution in [0.3, 0.4) is 0 Å². The zero-order valence-corrected chi connectivity index (χ0v) is 16.8. The van der Waals surface area contributed by atoms with E-state index in [2.05, 4.69) is 10.1 Å². The molecule has 3 aromatic heterocycles. The summed E-state index contributed by atoms with van der Waals surface area (Å²) in [6, 6.07) is 3.65. The molecule has 8 nitrogen and oxygen atoms in total. The first-order chi connectivity index (χ1) is 13.4. The maximum Gasteiger partial charge on any atom is 0.354 e. The summed E-state index contributed by atoms with van der Waals surface area (Å²) < 4.78 is 11.9. The maximum absolute atomic E-state index is 12.1. The molecule has 0 aromatic carbocycles. The molecule has 0 aliphatic carbocycles. The van der Waals surface area contributed by atoms with Crippen molar-refractivity contribution in [2.24, 2.45) is 0 Å². The smallest absolute Gasteiger partial charge is 0.354 e. The molecule has 0 radical (unpaired) electrons. The molecule has 0 aliphatic rings. The number of rotatable bonds is 6. The van der Waals surface area contributed by atoms with Crippen molar-refractivity contribution in [2.45, 2.75) is 26.9 Å². The largest absolute Gasteiger partial charge is 0.512 e. The Bertz CT molecular complexity index is 1050. The van der Waals surface area contributed by atoms with Gasteiger partial charge >= 0.3 is 5.97 Å². The summed E-state index contributed by atoms with van der Waals surface area (Å²) in [5.74, 6) is -0.247. The second kappa shape index (κ2) is 7.99. The van der Waals surface area contributed by atoms with Gasteiger partial charge in [0.1, 0.15) is 5.01 Å². The zero-order chi connectivity index (χ0) is 20.4. The third-order valence-corrected chi connectivity index (χ3v) is 5.18. The van der Waals surface area contributed by atoms with Crippen molar-refractivity contribution < 1.29 is 24.5 Å². The number of nitrogens with zero attached hydrogens (tertiary/aromatic N) is 3. The van der Waals surface area contributed by atoms with Crippen molar-refractivity contribution in [3.8, 4) is 16.5 Å². The number of hydrogen-bond donors (Lipinski definition) is 2. The molecule has 148 valence electrons. The molecule has 1 atom stereocenters. The van der Waals surface area contributed by atoms with Crippen molar-refractivity contribution in [1.82, 2.24) is 14.6 Å². The van der Waals surface area contributed by atoms with Gasteiger partial charge in [0.25, 0.3) is 0 Å². The molecule has 0 fully saturated rings. The van der Waals surface area contributed by atoms with Crippen LogP contribution < -0.4 is 4.74 Å². The van der Waals surface area contributed by atoms with Crippen LogP contribution in [0.15, 0.2) is 30.3 Å². The molecule has 1 unspecified atom stereocenters. The molecule has 2 N–H and O–H groups in total. The van der Waals surface area contributed by atoms with Crippen LogP contribution in [0.1, 0.15) is 36.0 Å². The standard InChI is InChI=1S/C19H21N3O5S/c1-5-27-19(25)16-17(26-4)21-18(28-16)12-6-7-22-14(8-12)13(9-20-22)15(10(2)23)11(3)24/h6-10,23-24H,5H2,1-4H3/b15-11+. The Morgan fingerprint density at radius 3 is 2.79 bits per heavy atom. The first kappa shape index (κ1) is 19.8. The van der Waals surface area contributed by atoms with E-state index in [1.54, 1.807) is 30.8 Å². The van der Waals surface area contributed by atoms with Gasteiger partial charge in [0.05, 0.1) is 37.3 Å². The summed E-state index contributed by atoms with van der Waals surface area (Å²) in [5, 5.41) is 24.9. The van der Waals surface area contributed by atoms with E-state index in [1.807, 2.05) is 12.1 Å². The summed E-state index contributed by atoms with van der Waals surface area (Å²) >= 11 is 1.17. The van der Waals surface area contributed by atoms with E-state index >= 15 is 0 Å². The monoisotopic (exact) mass is 403 g/mol. The lowest BCUT2D eigenvalue weighted by Crippen LogP contribution is -2.06. The molecule has 3 rings (SSSR count). The summed E-state index contributed by atoms with van der Waals surface area (Å²) in [6.07, 6.45) is 2.48. The number of aliphatic hydroxyl groups is 2. The fourth-order valence-corrected chi connectivity index (χ4v) is 3.86. The van der Waals surface area contributed by atoms with Gasteiger partial charge in [-0.25, -0.2) is 14.3 Å². The second-order valence-electron chi connectivity index (χ2n) is 6.06. The number of allylic oxidation sites excluding steroid dienone is 1. The average molecular weight is 403 g/mol. The molecular formula is C19H21N3O5S. The molecule has 0 amide bonds. The predicted octanol–water partition coefficient (Wildman–Crippen LogP) is 3.31. The second-order valence-corrected chi connectivity index (χ2v) is 7.06. The Labute approximate surface area is 165 Å². The van der Waals surface area contributed by atoms with Gasteiger partial charge in [-0.3, -0.25) is 0 Å². The topological polar surface area (TPSA) is 106 Å². The fraction of sp³-hybridized carbons (Fsp3) is 0.316. The fourth-order valence-electron chi connectivity index (χ4n) is 2.94. The Morgan fingerprint density at radius 2 is 2.18 bits per heavy atom. The first-order valence-electron chi connectivity index (χ1n) is 8.65. The number of carbonyl (C=O) groups is 1. The highest BCUT2D eigenvalue weighted by Gasteiger charge is 2.22. The molecule has 0 saturated carbocycles. The van der Waals surface area contributed by atoms with E-state index in [0.29, 0.717) is 26.5 Å². The number of pyridine rings is 1. The van der Waals surface area contributed by atoms with Gasteiger partial charge in [0.15, 0.2) is 4.88 Å². The first-order valence-corrected chi connectivity index (χ1v) is 9.46. The number of aliphatic hydroxyl groups excluding tert-OH is 2. The lowest BCUT2D eigenvalue weighted by atomic mass is 10.0. The van der Waals surface area contributed by atoms with Crippen LogP contribution in [0.4, 0.5) is 0 Å². The minimum Gasteiger partial charge on any atom is -0.512 e. The van der Waals surface area contributed by atoms with Gasteiger partial charge in [-0.05, 0) is 32.9 Å². The van der Waals surface area contributed by atoms with Gasteiger partial charge in [-0.2, -0.15) is 5.10 Å². The minimum absolute atomic E-state index is 0.0239. The van der Waals surface area contributed by atoms with Gasteiger partial charge in [-0.1, -0.05) is 0 Å². The summed E-state index contributed by atoms with van der Waals surface area (Å²) in [5.41, 5.74) is 2.45. The van der Waals surface area contributed by atoms with Gasteiger partial charge in [0.2, 0.25) is 5.88 Å². The predicted molar refractivity (Wildman–Crippen MR) is 106 cm³/mol. The van der Waals surface area contributed by atoms with E-state index in [-0.39, 0.29) is 18.2 Å². The number of esters is 1. The zero-order valence-electron chi connectivity index (χ0n) is 16.0. The van der Waals surface area contributed by atoms with Gasteiger partial charge < -0.3 is 19.7 Å². The van der Waals surface area contributed by atoms with Crippen molar-refractivity contribution >= 4 is 28.4 Å². The lowest BCUT2D eigenvalue weighted by Gasteiger charge is -2.11. The van der Waals surface area contributed by atoms with E-state index < -0.39 is 12.1 Å². The van der Waals surface area contributed by atoms with Gasteiger partial charge in [-0.15, -0.1) is 11.3 Å². The van der Waals surface area contributed by atoms with E-state index in [1.165, 1.54) is 25.4 Å². The van der Waals surface area contributed by atoms with E-state index in [9.17, 15) is 15.0 Å². The highest BCUT2D eigenvalue weighted by atomic mass is 32.1. The lowest BCUT2D eigenvalue weighted by molar-refractivity contribution is 0.0528. The Morgan fingerprint density at radius 1 is 1.43 bits per heavy atom. The van der Waals surface area contributed by atoms with E-state index in [4.69, 9.17) is 9.47 Å². The van der Waals surface area contributed by atoms with E-state index in [0.717, 1.165) is 5.56 Å². The van der Waals surface area contributed by atoms with Crippen LogP contribution in [0.2, 0.25) is 0 Å². The third-order valence-electron chi connectivity index (χ3n) is 4.12. The Hall–Kier alpha value is -2.91. The highest BCUT2D eigenvalue weighted by Crippen LogP contribution is 2.35. The normalized spacial score (nSPS) is 13.3. The average Bonchev–Trinajstić information content (AvgIpc) is 3.25. The summed E-state index contributed by atoms with van der Waals surface area (Å²) in [6.45, 7) is 5.10. The van der Waals surface area contributed by atoms with Crippen LogP contribution in [0.25, 0.3) is 21.7 Å². The summed E-state index contributed by atoms with van der Waals surface area (Å²) in [7, 11) is 1.45. The molecule has 9 heteroatoms. The third kappa shape index (κ3) is 3.58. The van der Waals surface area contributed by atoms with Crippen molar-refractivity contribution in [2.75, 3.05) is 13.7 Å². The minimum atomic E-state index is -0.864. The highest BCUT2D eigenvalue weighted by molar-refractivity contribution is 7.17. The molecule has 0 aliphatic heterocycles. The number of thiazole rings is 1. The molecular weight excluding hydrogens is 382 g/mol. The Kier molecular flexibility index (Phi) is 5.66. The number of aromatic nitrogens is 3. The number of methoxy groups -OCH3 is 1.